The fourth-order valence-electron chi connectivity index (χ4n) is 2.71. The van der Waals surface area contributed by atoms with Crippen LogP contribution in [0.25, 0.3) is 10.9 Å². The van der Waals surface area contributed by atoms with Gasteiger partial charge in [0, 0.05) is 23.7 Å². The van der Waals surface area contributed by atoms with Gasteiger partial charge in [-0.05, 0) is 24.6 Å². The monoisotopic (exact) mass is 324 g/mol. The maximum Gasteiger partial charge on any atom is 0.240 e. The van der Waals surface area contributed by atoms with E-state index in [1.807, 2.05) is 30.3 Å². The van der Waals surface area contributed by atoms with Crippen LogP contribution in [-0.2, 0) is 17.9 Å². The number of amides is 1. The molecule has 0 spiro atoms. The van der Waals surface area contributed by atoms with Crippen LogP contribution in [0.2, 0.25) is 0 Å². The number of pyridine rings is 1. The second-order valence-electron chi connectivity index (χ2n) is 5.63. The highest BCUT2D eigenvalue weighted by Crippen LogP contribution is 2.16. The lowest BCUT2D eigenvalue weighted by atomic mass is 10.1. The van der Waals surface area contributed by atoms with Crippen molar-refractivity contribution in [2.75, 3.05) is 0 Å². The standard InChI is InChI=1S/C19H17FN2O2/c1-13-10-17(23)15-8-5-9-16(20)19(15)22(13)12-18(24)21-11-14-6-3-2-4-7-14/h2-10H,11-12H2,1H3,(H,21,24). The zero-order valence-electron chi connectivity index (χ0n) is 13.3. The van der Waals surface area contributed by atoms with Crippen LogP contribution in [0.4, 0.5) is 4.39 Å². The number of benzene rings is 2. The summed E-state index contributed by atoms with van der Waals surface area (Å²) in [5.41, 5.74) is 1.45. The summed E-state index contributed by atoms with van der Waals surface area (Å²) in [6, 6.07) is 15.3. The Morgan fingerprint density at radius 1 is 1.12 bits per heavy atom. The average Bonchev–Trinajstić information content (AvgIpc) is 2.58. The second-order valence-corrected chi connectivity index (χ2v) is 5.63. The third kappa shape index (κ3) is 3.20. The number of fused-ring (bicyclic) bond motifs is 1. The minimum Gasteiger partial charge on any atom is -0.350 e. The van der Waals surface area contributed by atoms with Gasteiger partial charge in [-0.15, -0.1) is 0 Å². The third-order valence-corrected chi connectivity index (χ3v) is 3.92. The van der Waals surface area contributed by atoms with Gasteiger partial charge < -0.3 is 9.88 Å². The number of nitrogens with one attached hydrogen (secondary N) is 1. The molecule has 3 aromatic rings. The molecule has 24 heavy (non-hydrogen) atoms. The molecule has 0 aliphatic heterocycles. The summed E-state index contributed by atoms with van der Waals surface area (Å²) in [6.45, 7) is 2.05. The second kappa shape index (κ2) is 6.66. The highest BCUT2D eigenvalue weighted by molar-refractivity contribution is 5.83. The Morgan fingerprint density at radius 3 is 2.62 bits per heavy atom. The first-order chi connectivity index (χ1) is 11.6. The Bertz CT molecular complexity index is 949. The van der Waals surface area contributed by atoms with Gasteiger partial charge in [0.2, 0.25) is 5.91 Å². The van der Waals surface area contributed by atoms with Crippen molar-refractivity contribution in [3.8, 4) is 0 Å². The first-order valence-corrected chi connectivity index (χ1v) is 7.65. The van der Waals surface area contributed by atoms with Crippen molar-refractivity contribution in [2.24, 2.45) is 0 Å². The minimum absolute atomic E-state index is 0.0453. The van der Waals surface area contributed by atoms with Crippen LogP contribution in [-0.4, -0.2) is 10.5 Å². The lowest BCUT2D eigenvalue weighted by Gasteiger charge is -2.15. The Kier molecular flexibility index (Phi) is 4.42. The van der Waals surface area contributed by atoms with Gasteiger partial charge in [0.05, 0.1) is 5.52 Å². The molecule has 0 unspecified atom stereocenters. The molecule has 0 fully saturated rings. The van der Waals surface area contributed by atoms with Gasteiger partial charge in [0.15, 0.2) is 5.43 Å². The van der Waals surface area contributed by atoms with Crippen molar-refractivity contribution in [3.63, 3.8) is 0 Å². The first-order valence-electron chi connectivity index (χ1n) is 7.65. The van der Waals surface area contributed by atoms with E-state index in [0.29, 0.717) is 12.2 Å². The van der Waals surface area contributed by atoms with E-state index in [0.717, 1.165) is 5.56 Å². The third-order valence-electron chi connectivity index (χ3n) is 3.92. The van der Waals surface area contributed by atoms with E-state index in [9.17, 15) is 14.0 Å². The van der Waals surface area contributed by atoms with Crippen molar-refractivity contribution in [1.29, 1.82) is 0 Å². The molecule has 4 nitrogen and oxygen atoms in total. The van der Waals surface area contributed by atoms with E-state index in [2.05, 4.69) is 5.32 Å². The average molecular weight is 324 g/mol. The van der Waals surface area contributed by atoms with E-state index < -0.39 is 5.82 Å². The molecule has 0 aliphatic carbocycles. The van der Waals surface area contributed by atoms with Crippen molar-refractivity contribution in [3.05, 3.63) is 81.9 Å². The summed E-state index contributed by atoms with van der Waals surface area (Å²) in [4.78, 5) is 24.3. The van der Waals surface area contributed by atoms with E-state index in [-0.39, 0.29) is 28.8 Å². The van der Waals surface area contributed by atoms with Crippen molar-refractivity contribution in [1.82, 2.24) is 9.88 Å². The van der Waals surface area contributed by atoms with Crippen molar-refractivity contribution in [2.45, 2.75) is 20.0 Å². The fraction of sp³-hybridized carbons (Fsp3) is 0.158. The minimum atomic E-state index is -0.510. The number of carbonyl (C=O) groups is 1. The molecule has 0 bridgehead atoms. The molecule has 1 aromatic heterocycles. The van der Waals surface area contributed by atoms with Crippen LogP contribution >= 0.6 is 0 Å². The SMILES string of the molecule is Cc1cc(=O)c2cccc(F)c2n1CC(=O)NCc1ccccc1. The first kappa shape index (κ1) is 15.9. The molecule has 0 saturated carbocycles. The zero-order valence-corrected chi connectivity index (χ0v) is 13.3. The summed E-state index contributed by atoms with van der Waals surface area (Å²) in [6.07, 6.45) is 0. The van der Waals surface area contributed by atoms with Crippen LogP contribution in [0, 0.1) is 12.7 Å². The van der Waals surface area contributed by atoms with Gasteiger partial charge in [-0.2, -0.15) is 0 Å². The van der Waals surface area contributed by atoms with Gasteiger partial charge in [0.25, 0.3) is 0 Å². The summed E-state index contributed by atoms with van der Waals surface area (Å²) in [7, 11) is 0. The van der Waals surface area contributed by atoms with E-state index in [1.54, 1.807) is 13.0 Å². The Morgan fingerprint density at radius 2 is 1.88 bits per heavy atom. The molecule has 1 heterocycles. The molecule has 122 valence electrons. The Labute approximate surface area is 138 Å². The quantitative estimate of drug-likeness (QED) is 0.802. The van der Waals surface area contributed by atoms with Crippen LogP contribution in [0.3, 0.4) is 0 Å². The molecule has 2 aromatic carbocycles. The van der Waals surface area contributed by atoms with Crippen LogP contribution in [0.5, 0.6) is 0 Å². The van der Waals surface area contributed by atoms with Crippen molar-refractivity contribution >= 4 is 16.8 Å². The smallest absolute Gasteiger partial charge is 0.240 e. The molecule has 3 rings (SSSR count). The topological polar surface area (TPSA) is 51.1 Å². The molecular formula is C19H17FN2O2. The predicted octanol–water partition coefficient (Wildman–Crippen LogP) is 2.77. The Balaban J connectivity index is 1.87. The molecule has 0 atom stereocenters. The lowest BCUT2D eigenvalue weighted by Crippen LogP contribution is -2.28. The summed E-state index contributed by atoms with van der Waals surface area (Å²) >= 11 is 0. The normalized spacial score (nSPS) is 10.8. The molecule has 1 amide bonds. The van der Waals surface area contributed by atoms with E-state index in [1.165, 1.54) is 22.8 Å². The van der Waals surface area contributed by atoms with Crippen LogP contribution in [0.1, 0.15) is 11.3 Å². The number of hydrogen-bond acceptors (Lipinski definition) is 2. The van der Waals surface area contributed by atoms with Gasteiger partial charge in [-0.3, -0.25) is 9.59 Å². The molecular weight excluding hydrogens is 307 g/mol. The van der Waals surface area contributed by atoms with Crippen LogP contribution in [0.15, 0.2) is 59.4 Å². The summed E-state index contributed by atoms with van der Waals surface area (Å²) in [5.74, 6) is -0.751. The number of halogens is 1. The Hall–Kier alpha value is -2.95. The van der Waals surface area contributed by atoms with Gasteiger partial charge in [0.1, 0.15) is 12.4 Å². The number of carbonyl (C=O) groups excluding carboxylic acids is 1. The largest absolute Gasteiger partial charge is 0.350 e. The number of hydrogen-bond donors (Lipinski definition) is 1. The fourth-order valence-corrected chi connectivity index (χ4v) is 2.71. The predicted molar refractivity (Wildman–Crippen MR) is 91.2 cm³/mol. The summed E-state index contributed by atoms with van der Waals surface area (Å²) in [5, 5.41) is 3.09. The maximum atomic E-state index is 14.2. The van der Waals surface area contributed by atoms with E-state index in [4.69, 9.17) is 0 Å². The molecule has 0 radical (unpaired) electrons. The lowest BCUT2D eigenvalue weighted by molar-refractivity contribution is -0.121. The molecule has 5 heteroatoms. The highest BCUT2D eigenvalue weighted by Gasteiger charge is 2.13. The molecule has 1 N–H and O–H groups in total. The number of aromatic nitrogens is 1. The zero-order chi connectivity index (χ0) is 17.1. The summed E-state index contributed by atoms with van der Waals surface area (Å²) < 4.78 is 15.8. The highest BCUT2D eigenvalue weighted by atomic mass is 19.1. The molecule has 0 saturated heterocycles. The van der Waals surface area contributed by atoms with Gasteiger partial charge in [-0.1, -0.05) is 36.4 Å². The van der Waals surface area contributed by atoms with Gasteiger partial charge >= 0.3 is 0 Å². The number of nitrogens with zero attached hydrogens (tertiary/aromatic N) is 1. The maximum absolute atomic E-state index is 14.2. The molecule has 0 aliphatic rings. The van der Waals surface area contributed by atoms with Gasteiger partial charge in [-0.25, -0.2) is 4.39 Å². The van der Waals surface area contributed by atoms with E-state index >= 15 is 0 Å². The number of para-hydroxylation sites is 1. The van der Waals surface area contributed by atoms with Crippen molar-refractivity contribution < 1.29 is 9.18 Å². The van der Waals surface area contributed by atoms with Crippen LogP contribution < -0.4 is 10.7 Å². The number of rotatable bonds is 4. The number of aryl methyl sites for hydroxylation is 1.